The predicted molar refractivity (Wildman–Crippen MR) is 89.5 cm³/mol. The molecule has 3 rings (SSSR count). The van der Waals surface area contributed by atoms with E-state index < -0.39 is 10.5 Å². The Hall–Kier alpha value is -3.35. The summed E-state index contributed by atoms with van der Waals surface area (Å²) in [6.07, 6.45) is 0. The van der Waals surface area contributed by atoms with Crippen LogP contribution in [0.4, 0.5) is 11.4 Å². The molecule has 0 unspecified atom stereocenters. The summed E-state index contributed by atoms with van der Waals surface area (Å²) in [7, 11) is 1.58. The van der Waals surface area contributed by atoms with Gasteiger partial charge in [-0.05, 0) is 12.1 Å². The van der Waals surface area contributed by atoms with Crippen molar-refractivity contribution in [2.45, 2.75) is 6.54 Å². The first-order valence-corrected chi connectivity index (χ1v) is 7.16. The van der Waals surface area contributed by atoms with E-state index in [1.165, 1.54) is 24.3 Å². The Kier molecular flexibility index (Phi) is 4.15. The number of anilines is 1. The van der Waals surface area contributed by atoms with Gasteiger partial charge in [0.05, 0.1) is 17.7 Å². The molecule has 0 amide bonds. The summed E-state index contributed by atoms with van der Waals surface area (Å²) in [6, 6.07) is 12.8. The lowest BCUT2D eigenvalue weighted by atomic mass is 10.1. The van der Waals surface area contributed by atoms with E-state index in [4.69, 9.17) is 9.15 Å². The molecule has 0 fully saturated rings. The zero-order valence-corrected chi connectivity index (χ0v) is 12.8. The van der Waals surface area contributed by atoms with Crippen molar-refractivity contribution in [1.29, 1.82) is 0 Å². The molecule has 0 saturated carbocycles. The SMILES string of the molecule is COc1ccccc1CNc1cc(=O)oc2ccc([N+](=O)[O-])cc12. The van der Waals surface area contributed by atoms with Crippen molar-refractivity contribution in [3.63, 3.8) is 0 Å². The number of fused-ring (bicyclic) bond motifs is 1. The summed E-state index contributed by atoms with van der Waals surface area (Å²) < 4.78 is 10.4. The lowest BCUT2D eigenvalue weighted by Crippen LogP contribution is -2.06. The fourth-order valence-electron chi connectivity index (χ4n) is 2.45. The number of nitro groups is 1. The Balaban J connectivity index is 2.00. The Labute approximate surface area is 136 Å². The minimum Gasteiger partial charge on any atom is -0.496 e. The van der Waals surface area contributed by atoms with E-state index in [-0.39, 0.29) is 11.3 Å². The molecule has 1 heterocycles. The van der Waals surface area contributed by atoms with Gasteiger partial charge in [-0.3, -0.25) is 10.1 Å². The highest BCUT2D eigenvalue weighted by molar-refractivity contribution is 5.91. The van der Waals surface area contributed by atoms with Crippen LogP contribution in [0.5, 0.6) is 5.75 Å². The highest BCUT2D eigenvalue weighted by Crippen LogP contribution is 2.27. The second-order valence-electron chi connectivity index (χ2n) is 5.08. The standard InChI is InChI=1S/C17H14N2O5/c1-23-15-5-3-2-4-11(15)10-18-14-9-17(20)24-16-7-6-12(19(21)22)8-13(14)16/h2-9,18H,10H2,1H3. The number of nitrogens with one attached hydrogen (secondary N) is 1. The number of nitro benzene ring substituents is 1. The van der Waals surface area contributed by atoms with Crippen LogP contribution in [0.1, 0.15) is 5.56 Å². The molecule has 0 saturated heterocycles. The van der Waals surface area contributed by atoms with Crippen molar-refractivity contribution in [3.05, 3.63) is 74.6 Å². The molecule has 122 valence electrons. The predicted octanol–water partition coefficient (Wildman–Crippen LogP) is 3.32. The van der Waals surface area contributed by atoms with Gasteiger partial charge in [-0.15, -0.1) is 0 Å². The number of nitrogens with zero attached hydrogens (tertiary/aromatic N) is 1. The molecule has 7 nitrogen and oxygen atoms in total. The van der Waals surface area contributed by atoms with Crippen molar-refractivity contribution in [3.8, 4) is 5.75 Å². The Morgan fingerprint density at radius 1 is 1.21 bits per heavy atom. The quantitative estimate of drug-likeness (QED) is 0.439. The van der Waals surface area contributed by atoms with Gasteiger partial charge in [0.15, 0.2) is 0 Å². The number of benzene rings is 2. The first kappa shape index (κ1) is 15.5. The maximum absolute atomic E-state index is 11.7. The van der Waals surface area contributed by atoms with E-state index >= 15 is 0 Å². The normalized spacial score (nSPS) is 10.5. The van der Waals surface area contributed by atoms with E-state index in [1.807, 2.05) is 24.3 Å². The van der Waals surface area contributed by atoms with Crippen molar-refractivity contribution in [2.24, 2.45) is 0 Å². The summed E-state index contributed by atoms with van der Waals surface area (Å²) in [5.41, 5.74) is 1.05. The molecule has 0 aliphatic rings. The zero-order chi connectivity index (χ0) is 17.1. The summed E-state index contributed by atoms with van der Waals surface area (Å²) in [5.74, 6) is 0.711. The van der Waals surface area contributed by atoms with E-state index in [0.717, 1.165) is 5.56 Å². The van der Waals surface area contributed by atoms with Gasteiger partial charge in [0.2, 0.25) is 0 Å². The maximum atomic E-state index is 11.7. The zero-order valence-electron chi connectivity index (χ0n) is 12.8. The van der Waals surface area contributed by atoms with Crippen molar-refractivity contribution >= 4 is 22.3 Å². The lowest BCUT2D eigenvalue weighted by Gasteiger charge is -2.11. The van der Waals surface area contributed by atoms with Crippen molar-refractivity contribution in [1.82, 2.24) is 0 Å². The number of non-ortho nitro benzene ring substituents is 1. The third kappa shape index (κ3) is 3.05. The highest BCUT2D eigenvalue weighted by atomic mass is 16.6. The molecule has 3 aromatic rings. The first-order valence-electron chi connectivity index (χ1n) is 7.16. The van der Waals surface area contributed by atoms with E-state index in [9.17, 15) is 14.9 Å². The smallest absolute Gasteiger partial charge is 0.338 e. The lowest BCUT2D eigenvalue weighted by molar-refractivity contribution is -0.384. The molecule has 0 atom stereocenters. The van der Waals surface area contributed by atoms with Gasteiger partial charge in [0, 0.05) is 35.7 Å². The van der Waals surface area contributed by atoms with Gasteiger partial charge in [-0.2, -0.15) is 0 Å². The molecule has 1 aromatic heterocycles. The number of hydrogen-bond acceptors (Lipinski definition) is 6. The van der Waals surface area contributed by atoms with Gasteiger partial charge in [0.1, 0.15) is 11.3 Å². The molecule has 0 aliphatic heterocycles. The van der Waals surface area contributed by atoms with Crippen molar-refractivity contribution < 1.29 is 14.1 Å². The molecule has 7 heteroatoms. The number of hydrogen-bond donors (Lipinski definition) is 1. The number of rotatable bonds is 5. The summed E-state index contributed by atoms with van der Waals surface area (Å²) in [6.45, 7) is 0.394. The Bertz CT molecular complexity index is 965. The largest absolute Gasteiger partial charge is 0.496 e. The first-order chi connectivity index (χ1) is 11.6. The average molecular weight is 326 g/mol. The van der Waals surface area contributed by atoms with Crippen LogP contribution in [0.25, 0.3) is 11.0 Å². The van der Waals surface area contributed by atoms with Gasteiger partial charge in [-0.25, -0.2) is 4.79 Å². The van der Waals surface area contributed by atoms with Crippen LogP contribution in [0, 0.1) is 10.1 Å². The fourth-order valence-corrected chi connectivity index (χ4v) is 2.45. The van der Waals surface area contributed by atoms with E-state index in [1.54, 1.807) is 7.11 Å². The third-order valence-electron chi connectivity index (χ3n) is 3.60. The molecule has 0 spiro atoms. The van der Waals surface area contributed by atoms with Crippen LogP contribution < -0.4 is 15.7 Å². The number of para-hydroxylation sites is 1. The van der Waals surface area contributed by atoms with Crippen LogP contribution in [0.15, 0.2) is 57.7 Å². The van der Waals surface area contributed by atoms with E-state index in [0.29, 0.717) is 23.4 Å². The van der Waals surface area contributed by atoms with Crippen LogP contribution in [-0.4, -0.2) is 12.0 Å². The Morgan fingerprint density at radius 3 is 2.75 bits per heavy atom. The second kappa shape index (κ2) is 6.41. The minimum absolute atomic E-state index is 0.0725. The highest BCUT2D eigenvalue weighted by Gasteiger charge is 2.12. The van der Waals surface area contributed by atoms with Gasteiger partial charge < -0.3 is 14.5 Å². The van der Waals surface area contributed by atoms with Crippen LogP contribution in [-0.2, 0) is 6.54 Å². The van der Waals surface area contributed by atoms with Crippen LogP contribution >= 0.6 is 0 Å². The van der Waals surface area contributed by atoms with Gasteiger partial charge in [-0.1, -0.05) is 18.2 Å². The van der Waals surface area contributed by atoms with Gasteiger partial charge in [0.25, 0.3) is 5.69 Å². The third-order valence-corrected chi connectivity index (χ3v) is 3.60. The average Bonchev–Trinajstić information content (AvgIpc) is 2.59. The minimum atomic E-state index is -0.529. The van der Waals surface area contributed by atoms with Crippen LogP contribution in [0.3, 0.4) is 0 Å². The molecule has 0 aliphatic carbocycles. The Morgan fingerprint density at radius 2 is 2.00 bits per heavy atom. The maximum Gasteiger partial charge on any atom is 0.338 e. The number of ether oxygens (including phenoxy) is 1. The molecule has 24 heavy (non-hydrogen) atoms. The molecular formula is C17H14N2O5. The molecule has 0 radical (unpaired) electrons. The molecule has 2 aromatic carbocycles. The summed E-state index contributed by atoms with van der Waals surface area (Å²) >= 11 is 0. The number of methoxy groups -OCH3 is 1. The monoisotopic (exact) mass is 326 g/mol. The molecule has 0 bridgehead atoms. The summed E-state index contributed by atoms with van der Waals surface area (Å²) in [5, 5.41) is 14.6. The summed E-state index contributed by atoms with van der Waals surface area (Å²) in [4.78, 5) is 22.2. The van der Waals surface area contributed by atoms with Crippen molar-refractivity contribution in [2.75, 3.05) is 12.4 Å². The van der Waals surface area contributed by atoms with Crippen LogP contribution in [0.2, 0.25) is 0 Å². The van der Waals surface area contributed by atoms with Gasteiger partial charge >= 0.3 is 5.63 Å². The second-order valence-corrected chi connectivity index (χ2v) is 5.08. The molecule has 1 N–H and O–H groups in total. The topological polar surface area (TPSA) is 94.6 Å². The van der Waals surface area contributed by atoms with E-state index in [2.05, 4.69) is 5.32 Å². The molecular weight excluding hydrogens is 312 g/mol. The fraction of sp³-hybridized carbons (Fsp3) is 0.118.